The van der Waals surface area contributed by atoms with E-state index in [0.29, 0.717) is 5.82 Å². The van der Waals surface area contributed by atoms with Gasteiger partial charge < -0.3 is 20.1 Å². The minimum Gasteiger partial charge on any atom is -0.484 e. The van der Waals surface area contributed by atoms with Crippen molar-refractivity contribution in [3.05, 3.63) is 0 Å². The van der Waals surface area contributed by atoms with Crippen LogP contribution in [0.4, 0.5) is 10.8 Å². The monoisotopic (exact) mass is 271 g/mol. The summed E-state index contributed by atoms with van der Waals surface area (Å²) < 4.78 is 15.7. The normalized spacial score (nSPS) is 20.4. The van der Waals surface area contributed by atoms with Crippen LogP contribution in [0.5, 0.6) is 5.75 Å². The molecular weight excluding hydrogens is 250 g/mol. The molecule has 2 rings (SSSR count). The molecule has 2 heterocycles. The van der Waals surface area contributed by atoms with Gasteiger partial charge >= 0.3 is 0 Å². The Kier molecular flexibility index (Phi) is 4.29. The number of anilines is 2. The molecule has 0 saturated carbocycles. The molecule has 5 nitrogen and oxygen atoms in total. The second-order valence-electron chi connectivity index (χ2n) is 4.72. The molecule has 1 aliphatic rings. The van der Waals surface area contributed by atoms with E-state index < -0.39 is 0 Å². The predicted octanol–water partition coefficient (Wildman–Crippen LogP) is 2.13. The Balaban J connectivity index is 2.16. The highest BCUT2D eigenvalue weighted by Crippen LogP contribution is 2.39. The Labute approximate surface area is 112 Å². The van der Waals surface area contributed by atoms with Crippen LogP contribution in [0.1, 0.15) is 27.2 Å². The van der Waals surface area contributed by atoms with Gasteiger partial charge in [-0.25, -0.2) is 0 Å². The average Bonchev–Trinajstić information content (AvgIpc) is 2.71. The van der Waals surface area contributed by atoms with Crippen molar-refractivity contribution < 1.29 is 9.47 Å². The van der Waals surface area contributed by atoms with Gasteiger partial charge in [0.15, 0.2) is 16.6 Å². The molecule has 102 valence electrons. The number of nitrogens with zero attached hydrogens (tertiary/aromatic N) is 2. The summed E-state index contributed by atoms with van der Waals surface area (Å²) in [5.41, 5.74) is 5.88. The molecule has 18 heavy (non-hydrogen) atoms. The van der Waals surface area contributed by atoms with Crippen molar-refractivity contribution in [3.8, 4) is 5.75 Å². The highest BCUT2D eigenvalue weighted by molar-refractivity contribution is 7.11. The largest absolute Gasteiger partial charge is 0.484 e. The smallest absolute Gasteiger partial charge is 0.198 e. The number of nitrogens with two attached hydrogens (primary N) is 1. The first-order valence-corrected chi connectivity index (χ1v) is 7.17. The van der Waals surface area contributed by atoms with Crippen molar-refractivity contribution in [1.29, 1.82) is 0 Å². The second-order valence-corrected chi connectivity index (χ2v) is 5.47. The molecular formula is C12H21N3O2S. The molecule has 1 aliphatic heterocycles. The van der Waals surface area contributed by atoms with Crippen LogP contribution in [-0.2, 0) is 4.74 Å². The Hall–Kier alpha value is -1.01. The van der Waals surface area contributed by atoms with E-state index in [1.54, 1.807) is 0 Å². The molecule has 1 saturated heterocycles. The van der Waals surface area contributed by atoms with Crippen molar-refractivity contribution >= 4 is 22.4 Å². The maximum Gasteiger partial charge on any atom is 0.198 e. The molecule has 0 amide bonds. The fourth-order valence-electron chi connectivity index (χ4n) is 1.98. The van der Waals surface area contributed by atoms with E-state index in [1.165, 1.54) is 11.5 Å². The summed E-state index contributed by atoms with van der Waals surface area (Å²) >= 11 is 1.41. The van der Waals surface area contributed by atoms with E-state index >= 15 is 0 Å². The second kappa shape index (κ2) is 5.75. The Bertz CT molecular complexity index is 395. The van der Waals surface area contributed by atoms with Crippen LogP contribution < -0.4 is 15.4 Å². The third-order valence-corrected chi connectivity index (χ3v) is 3.80. The van der Waals surface area contributed by atoms with Crippen LogP contribution in [0.2, 0.25) is 0 Å². The highest BCUT2D eigenvalue weighted by Gasteiger charge is 2.25. The van der Waals surface area contributed by atoms with E-state index in [0.717, 1.165) is 36.9 Å². The third-order valence-electron chi connectivity index (χ3n) is 2.89. The number of rotatable bonds is 4. The van der Waals surface area contributed by atoms with E-state index in [1.807, 2.05) is 13.8 Å². The zero-order valence-corrected chi connectivity index (χ0v) is 12.0. The van der Waals surface area contributed by atoms with E-state index in [2.05, 4.69) is 16.2 Å². The van der Waals surface area contributed by atoms with Crippen LogP contribution in [0.15, 0.2) is 0 Å². The van der Waals surface area contributed by atoms with Crippen LogP contribution in [-0.4, -0.2) is 36.3 Å². The summed E-state index contributed by atoms with van der Waals surface area (Å²) in [6.07, 6.45) is 1.41. The first kappa shape index (κ1) is 13.4. The van der Waals surface area contributed by atoms with E-state index in [9.17, 15) is 0 Å². The van der Waals surface area contributed by atoms with E-state index in [-0.39, 0.29) is 12.2 Å². The molecule has 0 aromatic carbocycles. The van der Waals surface area contributed by atoms with Crippen molar-refractivity contribution in [3.63, 3.8) is 0 Å². The number of ether oxygens (including phenoxy) is 2. The van der Waals surface area contributed by atoms with Crippen molar-refractivity contribution in [1.82, 2.24) is 4.37 Å². The minimum absolute atomic E-state index is 0.102. The van der Waals surface area contributed by atoms with Gasteiger partial charge in [0.2, 0.25) is 0 Å². The lowest BCUT2D eigenvalue weighted by Crippen LogP contribution is -2.42. The third kappa shape index (κ3) is 2.87. The topological polar surface area (TPSA) is 60.6 Å². The molecule has 1 aromatic heterocycles. The van der Waals surface area contributed by atoms with Gasteiger partial charge in [-0.2, -0.15) is 4.37 Å². The maximum absolute atomic E-state index is 5.88. The first-order chi connectivity index (χ1) is 8.61. The number of morpholine rings is 1. The first-order valence-electron chi connectivity index (χ1n) is 6.40. The van der Waals surface area contributed by atoms with Gasteiger partial charge in [0, 0.05) is 13.1 Å². The highest BCUT2D eigenvalue weighted by atomic mass is 32.1. The van der Waals surface area contributed by atoms with Crippen molar-refractivity contribution in [2.75, 3.05) is 30.3 Å². The standard InChI is InChI=1S/C12H21N3O2S/c1-4-9-7-15(5-6-16-9)12-10(17-8(2)3)11(13)14-18-12/h8-9H,4-7H2,1-3H3,(H2,13,14). The molecule has 2 N–H and O–H groups in total. The Morgan fingerprint density at radius 3 is 3.06 bits per heavy atom. The Morgan fingerprint density at radius 1 is 1.61 bits per heavy atom. The molecule has 1 atom stereocenters. The quantitative estimate of drug-likeness (QED) is 0.909. The van der Waals surface area contributed by atoms with Crippen molar-refractivity contribution in [2.24, 2.45) is 0 Å². The molecule has 1 fully saturated rings. The number of hydrogen-bond donors (Lipinski definition) is 1. The molecule has 0 bridgehead atoms. The van der Waals surface area contributed by atoms with Gasteiger partial charge in [0.1, 0.15) is 0 Å². The van der Waals surface area contributed by atoms with E-state index in [4.69, 9.17) is 15.2 Å². The lowest BCUT2D eigenvalue weighted by atomic mass is 10.2. The van der Waals surface area contributed by atoms with Gasteiger partial charge in [-0.3, -0.25) is 0 Å². The number of aromatic nitrogens is 1. The molecule has 0 spiro atoms. The molecule has 0 radical (unpaired) electrons. The molecule has 6 heteroatoms. The van der Waals surface area contributed by atoms with Crippen LogP contribution >= 0.6 is 11.5 Å². The minimum atomic E-state index is 0.102. The lowest BCUT2D eigenvalue weighted by Gasteiger charge is -2.33. The van der Waals surface area contributed by atoms with Gasteiger partial charge in [-0.15, -0.1) is 0 Å². The SMILES string of the molecule is CCC1CN(c2snc(N)c2OC(C)C)CCO1. The summed E-state index contributed by atoms with van der Waals surface area (Å²) in [7, 11) is 0. The zero-order valence-electron chi connectivity index (χ0n) is 11.2. The van der Waals surface area contributed by atoms with Gasteiger partial charge in [-0.1, -0.05) is 6.92 Å². The van der Waals surface area contributed by atoms with Crippen LogP contribution in [0.3, 0.4) is 0 Å². The summed E-state index contributed by atoms with van der Waals surface area (Å²) in [5.74, 6) is 1.22. The zero-order chi connectivity index (χ0) is 13.1. The van der Waals surface area contributed by atoms with Crippen LogP contribution in [0, 0.1) is 0 Å². The lowest BCUT2D eigenvalue weighted by molar-refractivity contribution is 0.0384. The summed E-state index contributed by atoms with van der Waals surface area (Å²) in [6.45, 7) is 8.63. The maximum atomic E-state index is 5.88. The summed E-state index contributed by atoms with van der Waals surface area (Å²) in [6, 6.07) is 0. The summed E-state index contributed by atoms with van der Waals surface area (Å²) in [4.78, 5) is 2.27. The number of nitrogen functional groups attached to an aromatic ring is 1. The van der Waals surface area contributed by atoms with Crippen molar-refractivity contribution in [2.45, 2.75) is 39.4 Å². The molecule has 0 aliphatic carbocycles. The number of hydrogen-bond acceptors (Lipinski definition) is 6. The van der Waals surface area contributed by atoms with Crippen LogP contribution in [0.25, 0.3) is 0 Å². The van der Waals surface area contributed by atoms with Gasteiger partial charge in [0.25, 0.3) is 0 Å². The fraction of sp³-hybridized carbons (Fsp3) is 0.750. The van der Waals surface area contributed by atoms with Gasteiger partial charge in [0.05, 0.1) is 18.8 Å². The summed E-state index contributed by atoms with van der Waals surface area (Å²) in [5, 5.41) is 1.03. The Morgan fingerprint density at radius 2 is 2.39 bits per heavy atom. The molecule has 1 unspecified atom stereocenters. The van der Waals surface area contributed by atoms with Gasteiger partial charge in [-0.05, 0) is 31.8 Å². The molecule has 1 aromatic rings. The predicted molar refractivity (Wildman–Crippen MR) is 74.5 cm³/mol. The average molecular weight is 271 g/mol. The fourth-order valence-corrected chi connectivity index (χ4v) is 2.77.